The number of aryl methyl sites for hydroxylation is 1. The number of sulfonamides is 2. The summed E-state index contributed by atoms with van der Waals surface area (Å²) < 4.78 is 54.6. The van der Waals surface area contributed by atoms with Crippen molar-refractivity contribution in [2.24, 2.45) is 0 Å². The van der Waals surface area contributed by atoms with E-state index in [0.717, 1.165) is 15.4 Å². The second-order valence-corrected chi connectivity index (χ2v) is 11.3. The number of hydrogen-bond acceptors (Lipinski definition) is 5. The normalized spacial score (nSPS) is 11.9. The smallest absolute Gasteiger partial charge is 0.243 e. The summed E-state index contributed by atoms with van der Waals surface area (Å²) >= 11 is 0. The highest BCUT2D eigenvalue weighted by molar-refractivity contribution is 7.89. The molecular formula is C24H27N3O5S2. The quantitative estimate of drug-likeness (QED) is 0.392. The van der Waals surface area contributed by atoms with Gasteiger partial charge in [0.1, 0.15) is 0 Å². The van der Waals surface area contributed by atoms with Crippen molar-refractivity contribution in [3.8, 4) is 0 Å². The molecule has 3 aromatic rings. The monoisotopic (exact) mass is 501 g/mol. The van der Waals surface area contributed by atoms with E-state index in [1.54, 1.807) is 54.6 Å². The molecular weight excluding hydrogens is 474 g/mol. The fourth-order valence-electron chi connectivity index (χ4n) is 3.16. The summed E-state index contributed by atoms with van der Waals surface area (Å²) in [7, 11) is -7.63. The van der Waals surface area contributed by atoms with Crippen molar-refractivity contribution in [3.63, 3.8) is 0 Å². The Bertz CT molecular complexity index is 1300. The van der Waals surface area contributed by atoms with Crippen LogP contribution >= 0.6 is 0 Å². The summed E-state index contributed by atoms with van der Waals surface area (Å²) in [6, 6.07) is 23.3. The summed E-state index contributed by atoms with van der Waals surface area (Å²) in [5, 5.41) is 2.58. The number of hydrogen-bond donors (Lipinski definition) is 2. The number of carbonyl (C=O) groups is 1. The zero-order chi connectivity index (χ0) is 24.6. The molecule has 2 N–H and O–H groups in total. The van der Waals surface area contributed by atoms with Crippen LogP contribution in [0.4, 0.5) is 0 Å². The van der Waals surface area contributed by atoms with Gasteiger partial charge in [-0.1, -0.05) is 66.2 Å². The molecule has 0 aromatic heterocycles. The lowest BCUT2D eigenvalue weighted by Gasteiger charge is -2.22. The van der Waals surface area contributed by atoms with Gasteiger partial charge in [-0.25, -0.2) is 21.6 Å². The summed E-state index contributed by atoms with van der Waals surface area (Å²) in [6.45, 7) is 1.45. The molecule has 0 atom stereocenters. The SMILES string of the molecule is Cc1ccc(S(=O)(=O)NCCNC(=O)CN(Cc2ccccc2)S(=O)(=O)c2ccccc2)cc1. The zero-order valence-corrected chi connectivity index (χ0v) is 20.3. The molecule has 0 aliphatic heterocycles. The third-order valence-corrected chi connectivity index (χ3v) is 8.26. The van der Waals surface area contributed by atoms with E-state index in [0.29, 0.717) is 0 Å². The molecule has 0 aliphatic carbocycles. The van der Waals surface area contributed by atoms with Crippen LogP contribution in [0.5, 0.6) is 0 Å². The molecule has 10 heteroatoms. The van der Waals surface area contributed by atoms with E-state index in [1.807, 2.05) is 13.0 Å². The van der Waals surface area contributed by atoms with E-state index < -0.39 is 32.5 Å². The van der Waals surface area contributed by atoms with Crippen molar-refractivity contribution >= 4 is 26.0 Å². The number of amides is 1. The Morgan fingerprint density at radius 1 is 0.765 bits per heavy atom. The summed E-state index contributed by atoms with van der Waals surface area (Å²) in [5.41, 5.74) is 1.68. The average Bonchev–Trinajstić information content (AvgIpc) is 2.83. The highest BCUT2D eigenvalue weighted by Gasteiger charge is 2.26. The number of carbonyl (C=O) groups excluding carboxylic acids is 1. The molecule has 8 nitrogen and oxygen atoms in total. The highest BCUT2D eigenvalue weighted by Crippen LogP contribution is 2.18. The van der Waals surface area contributed by atoms with Crippen molar-refractivity contribution in [3.05, 3.63) is 96.1 Å². The van der Waals surface area contributed by atoms with Crippen molar-refractivity contribution < 1.29 is 21.6 Å². The van der Waals surface area contributed by atoms with Crippen LogP contribution in [-0.4, -0.2) is 46.7 Å². The fraction of sp³-hybridized carbons (Fsp3) is 0.208. The van der Waals surface area contributed by atoms with E-state index in [-0.39, 0.29) is 29.4 Å². The van der Waals surface area contributed by atoms with Crippen LogP contribution < -0.4 is 10.0 Å². The predicted molar refractivity (Wildman–Crippen MR) is 130 cm³/mol. The van der Waals surface area contributed by atoms with Crippen LogP contribution in [0.15, 0.2) is 94.7 Å². The van der Waals surface area contributed by atoms with Crippen LogP contribution in [0.25, 0.3) is 0 Å². The first kappa shape index (κ1) is 25.6. The molecule has 0 radical (unpaired) electrons. The molecule has 0 spiro atoms. The molecule has 3 rings (SSSR count). The maximum Gasteiger partial charge on any atom is 0.243 e. The van der Waals surface area contributed by atoms with Gasteiger partial charge >= 0.3 is 0 Å². The third-order valence-electron chi connectivity index (χ3n) is 4.97. The van der Waals surface area contributed by atoms with Gasteiger partial charge < -0.3 is 5.32 Å². The lowest BCUT2D eigenvalue weighted by molar-refractivity contribution is -0.121. The Hall–Kier alpha value is -3.05. The molecule has 0 heterocycles. The topological polar surface area (TPSA) is 113 Å². The van der Waals surface area contributed by atoms with Crippen molar-refractivity contribution in [1.29, 1.82) is 0 Å². The van der Waals surface area contributed by atoms with Gasteiger partial charge in [0.05, 0.1) is 16.3 Å². The molecule has 3 aromatic carbocycles. The Kier molecular flexibility index (Phi) is 8.56. The molecule has 0 aliphatic rings. The first-order valence-corrected chi connectivity index (χ1v) is 13.5. The largest absolute Gasteiger partial charge is 0.354 e. The molecule has 0 fully saturated rings. The Morgan fingerprint density at radius 2 is 1.35 bits per heavy atom. The standard InChI is InChI=1S/C24H27N3O5S2/c1-20-12-14-22(15-13-20)33(29,30)26-17-16-25-24(28)19-27(18-21-8-4-2-5-9-21)34(31,32)23-10-6-3-7-11-23/h2-15,26H,16-19H2,1H3,(H,25,28). The van der Waals surface area contributed by atoms with Crippen molar-refractivity contribution in [1.82, 2.24) is 14.3 Å². The number of nitrogens with zero attached hydrogens (tertiary/aromatic N) is 1. The van der Waals surface area contributed by atoms with Gasteiger partial charge in [0.15, 0.2) is 0 Å². The molecule has 0 unspecified atom stereocenters. The molecule has 1 amide bonds. The lowest BCUT2D eigenvalue weighted by atomic mass is 10.2. The average molecular weight is 502 g/mol. The highest BCUT2D eigenvalue weighted by atomic mass is 32.2. The van der Waals surface area contributed by atoms with Crippen LogP contribution in [0.1, 0.15) is 11.1 Å². The van der Waals surface area contributed by atoms with Crippen LogP contribution in [0, 0.1) is 6.92 Å². The van der Waals surface area contributed by atoms with E-state index in [2.05, 4.69) is 10.0 Å². The first-order valence-electron chi connectivity index (χ1n) is 10.6. The van der Waals surface area contributed by atoms with Gasteiger partial charge in [-0.05, 0) is 36.8 Å². The third kappa shape index (κ3) is 6.97. The first-order chi connectivity index (χ1) is 16.2. The van der Waals surface area contributed by atoms with Gasteiger partial charge in [-0.3, -0.25) is 4.79 Å². The summed E-state index contributed by atoms with van der Waals surface area (Å²) in [4.78, 5) is 12.8. The number of benzene rings is 3. The van der Waals surface area contributed by atoms with Gasteiger partial charge in [0.2, 0.25) is 26.0 Å². The second kappa shape index (κ2) is 11.4. The summed E-state index contributed by atoms with van der Waals surface area (Å²) in [5.74, 6) is -0.537. The van der Waals surface area contributed by atoms with Gasteiger partial charge in [-0.15, -0.1) is 0 Å². The van der Waals surface area contributed by atoms with Crippen molar-refractivity contribution in [2.75, 3.05) is 19.6 Å². The minimum absolute atomic E-state index is 0.00842. The van der Waals surface area contributed by atoms with Crippen molar-refractivity contribution in [2.45, 2.75) is 23.3 Å². The lowest BCUT2D eigenvalue weighted by Crippen LogP contribution is -2.42. The molecule has 0 saturated heterocycles. The summed E-state index contributed by atoms with van der Waals surface area (Å²) in [6.07, 6.45) is 0. The van der Waals surface area contributed by atoms with Gasteiger partial charge in [0.25, 0.3) is 0 Å². The Labute approximate surface area is 200 Å². The molecule has 180 valence electrons. The van der Waals surface area contributed by atoms with E-state index >= 15 is 0 Å². The molecule has 0 saturated carbocycles. The van der Waals surface area contributed by atoms with E-state index in [4.69, 9.17) is 0 Å². The minimum Gasteiger partial charge on any atom is -0.354 e. The van der Waals surface area contributed by atoms with Crippen LogP contribution in [-0.2, 0) is 31.4 Å². The van der Waals surface area contributed by atoms with Crippen LogP contribution in [0.2, 0.25) is 0 Å². The fourth-order valence-corrected chi connectivity index (χ4v) is 5.60. The maximum atomic E-state index is 13.2. The van der Waals surface area contributed by atoms with Gasteiger partial charge in [-0.2, -0.15) is 4.31 Å². The van der Waals surface area contributed by atoms with E-state index in [9.17, 15) is 21.6 Å². The molecule has 34 heavy (non-hydrogen) atoms. The number of nitrogens with one attached hydrogen (secondary N) is 2. The maximum absolute atomic E-state index is 13.2. The number of rotatable bonds is 11. The Morgan fingerprint density at radius 3 is 1.97 bits per heavy atom. The zero-order valence-electron chi connectivity index (χ0n) is 18.7. The van der Waals surface area contributed by atoms with Crippen LogP contribution in [0.3, 0.4) is 0 Å². The Balaban J connectivity index is 1.62. The predicted octanol–water partition coefficient (Wildman–Crippen LogP) is 2.28. The van der Waals surface area contributed by atoms with E-state index in [1.165, 1.54) is 24.3 Å². The minimum atomic E-state index is -3.93. The second-order valence-electron chi connectivity index (χ2n) is 7.63. The van der Waals surface area contributed by atoms with Gasteiger partial charge in [0, 0.05) is 19.6 Å². The molecule has 0 bridgehead atoms.